The van der Waals surface area contributed by atoms with E-state index < -0.39 is 0 Å². The molecule has 0 aromatic rings. The van der Waals surface area contributed by atoms with E-state index in [2.05, 4.69) is 25.7 Å². The van der Waals surface area contributed by atoms with E-state index in [0.717, 1.165) is 5.92 Å². The van der Waals surface area contributed by atoms with Crippen LogP contribution in [-0.2, 0) is 0 Å². The average molecular weight is 182 g/mol. The first kappa shape index (κ1) is 9.47. The Kier molecular flexibility index (Phi) is 2.16. The van der Waals surface area contributed by atoms with Gasteiger partial charge in [-0.3, -0.25) is 4.90 Å². The van der Waals surface area contributed by atoms with Crippen LogP contribution in [0.15, 0.2) is 0 Å². The molecule has 0 saturated carbocycles. The summed E-state index contributed by atoms with van der Waals surface area (Å²) in [5, 5.41) is 0. The van der Waals surface area contributed by atoms with Crippen LogP contribution in [0.1, 0.15) is 33.6 Å². The van der Waals surface area contributed by atoms with Gasteiger partial charge in [-0.1, -0.05) is 20.8 Å². The molecule has 3 fully saturated rings. The third kappa shape index (κ3) is 1.50. The number of nitrogens with two attached hydrogens (primary N) is 1. The lowest BCUT2D eigenvalue weighted by molar-refractivity contribution is -0.0253. The molecule has 0 aliphatic carbocycles. The van der Waals surface area contributed by atoms with E-state index in [1.54, 1.807) is 0 Å². The van der Waals surface area contributed by atoms with Crippen LogP contribution in [0, 0.1) is 11.3 Å². The van der Waals surface area contributed by atoms with Gasteiger partial charge in [0, 0.05) is 12.1 Å². The van der Waals surface area contributed by atoms with Crippen LogP contribution >= 0.6 is 0 Å². The average Bonchev–Trinajstić information content (AvgIpc) is 2.03. The monoisotopic (exact) mass is 182 g/mol. The van der Waals surface area contributed by atoms with Gasteiger partial charge < -0.3 is 5.73 Å². The summed E-state index contributed by atoms with van der Waals surface area (Å²) in [6, 6.07) is 1.03. The van der Waals surface area contributed by atoms with Crippen molar-refractivity contribution in [1.29, 1.82) is 0 Å². The maximum absolute atomic E-state index is 6.31. The van der Waals surface area contributed by atoms with E-state index in [1.165, 1.54) is 25.9 Å². The van der Waals surface area contributed by atoms with Gasteiger partial charge in [-0.05, 0) is 37.3 Å². The van der Waals surface area contributed by atoms with E-state index in [-0.39, 0.29) is 0 Å². The van der Waals surface area contributed by atoms with Crippen molar-refractivity contribution in [3.8, 4) is 0 Å². The first-order valence-electron chi connectivity index (χ1n) is 5.50. The molecule has 76 valence electrons. The van der Waals surface area contributed by atoms with Crippen molar-refractivity contribution in [3.05, 3.63) is 0 Å². The molecular weight excluding hydrogens is 160 g/mol. The molecule has 0 aromatic heterocycles. The number of rotatable bonds is 0. The molecule has 3 heterocycles. The minimum atomic E-state index is 0.346. The van der Waals surface area contributed by atoms with Crippen molar-refractivity contribution in [2.75, 3.05) is 13.1 Å². The highest BCUT2D eigenvalue weighted by Gasteiger charge is 2.45. The summed E-state index contributed by atoms with van der Waals surface area (Å²) in [5.41, 5.74) is 6.65. The molecule has 2 atom stereocenters. The Hall–Kier alpha value is -0.0800. The van der Waals surface area contributed by atoms with Gasteiger partial charge in [-0.15, -0.1) is 0 Å². The molecule has 2 N–H and O–H groups in total. The molecule has 3 aliphatic heterocycles. The van der Waals surface area contributed by atoms with Crippen molar-refractivity contribution < 1.29 is 0 Å². The summed E-state index contributed by atoms with van der Waals surface area (Å²) >= 11 is 0. The van der Waals surface area contributed by atoms with Crippen molar-refractivity contribution in [2.24, 2.45) is 17.1 Å². The lowest BCUT2D eigenvalue weighted by Gasteiger charge is -2.54. The summed E-state index contributed by atoms with van der Waals surface area (Å²) in [6.45, 7) is 9.51. The van der Waals surface area contributed by atoms with Crippen LogP contribution in [0.4, 0.5) is 0 Å². The van der Waals surface area contributed by atoms with Crippen LogP contribution < -0.4 is 5.73 Å². The Morgan fingerprint density at radius 1 is 1.15 bits per heavy atom. The second-order valence-corrected chi connectivity index (χ2v) is 5.76. The second kappa shape index (κ2) is 2.96. The van der Waals surface area contributed by atoms with Crippen molar-refractivity contribution in [1.82, 2.24) is 4.90 Å². The van der Waals surface area contributed by atoms with Gasteiger partial charge in [0.1, 0.15) is 0 Å². The fourth-order valence-electron chi connectivity index (χ4n) is 3.21. The summed E-state index contributed by atoms with van der Waals surface area (Å²) in [7, 11) is 0. The van der Waals surface area contributed by atoms with Crippen LogP contribution in [0.3, 0.4) is 0 Å². The predicted octanol–water partition coefficient (Wildman–Crippen LogP) is 1.45. The van der Waals surface area contributed by atoms with Crippen molar-refractivity contribution in [3.63, 3.8) is 0 Å². The molecule has 3 aliphatic rings. The minimum Gasteiger partial charge on any atom is -0.326 e. The van der Waals surface area contributed by atoms with Crippen LogP contribution in [-0.4, -0.2) is 30.1 Å². The number of nitrogens with zero attached hydrogens (tertiary/aromatic N) is 1. The summed E-state index contributed by atoms with van der Waals surface area (Å²) in [6.07, 6.45) is 2.65. The van der Waals surface area contributed by atoms with Gasteiger partial charge in [0.05, 0.1) is 0 Å². The highest BCUT2D eigenvalue weighted by atomic mass is 15.2. The highest BCUT2D eigenvalue weighted by molar-refractivity contribution is 5.01. The van der Waals surface area contributed by atoms with Gasteiger partial charge in [0.2, 0.25) is 0 Å². The zero-order valence-corrected chi connectivity index (χ0v) is 9.09. The van der Waals surface area contributed by atoms with Gasteiger partial charge in [0.15, 0.2) is 0 Å². The van der Waals surface area contributed by atoms with E-state index in [0.29, 0.717) is 17.5 Å². The van der Waals surface area contributed by atoms with Crippen LogP contribution in [0.25, 0.3) is 0 Å². The van der Waals surface area contributed by atoms with Crippen molar-refractivity contribution >= 4 is 0 Å². The molecule has 3 saturated heterocycles. The smallest absolute Gasteiger partial charge is 0.0298 e. The molecule has 2 bridgehead atoms. The zero-order valence-electron chi connectivity index (χ0n) is 9.09. The molecule has 2 heteroatoms. The maximum Gasteiger partial charge on any atom is 0.0298 e. The quantitative estimate of drug-likeness (QED) is 0.614. The number of hydrogen-bond acceptors (Lipinski definition) is 2. The number of piperidine rings is 3. The molecule has 2 nitrogen and oxygen atoms in total. The largest absolute Gasteiger partial charge is 0.326 e. The Morgan fingerprint density at radius 3 is 2.00 bits per heavy atom. The SMILES string of the molecule is CC(C)(C)C1C(N)C2CCN1CC2. The Labute approximate surface area is 81.5 Å². The third-order valence-electron chi connectivity index (χ3n) is 3.76. The Balaban J connectivity index is 2.19. The second-order valence-electron chi connectivity index (χ2n) is 5.76. The van der Waals surface area contributed by atoms with Gasteiger partial charge in [-0.25, -0.2) is 0 Å². The molecule has 13 heavy (non-hydrogen) atoms. The molecule has 0 amide bonds. The lowest BCUT2D eigenvalue weighted by Crippen LogP contribution is -2.65. The van der Waals surface area contributed by atoms with Crippen molar-refractivity contribution in [2.45, 2.75) is 45.7 Å². The summed E-state index contributed by atoms with van der Waals surface area (Å²) < 4.78 is 0. The van der Waals surface area contributed by atoms with E-state index >= 15 is 0 Å². The number of hydrogen-bond donors (Lipinski definition) is 1. The molecule has 2 unspecified atom stereocenters. The van der Waals surface area contributed by atoms with Gasteiger partial charge >= 0.3 is 0 Å². The molecular formula is C11H22N2. The normalized spacial score (nSPS) is 45.2. The maximum atomic E-state index is 6.31. The van der Waals surface area contributed by atoms with E-state index in [4.69, 9.17) is 5.73 Å². The first-order valence-corrected chi connectivity index (χ1v) is 5.50. The minimum absolute atomic E-state index is 0.346. The van der Waals surface area contributed by atoms with E-state index in [9.17, 15) is 0 Å². The topological polar surface area (TPSA) is 29.3 Å². The third-order valence-corrected chi connectivity index (χ3v) is 3.76. The predicted molar refractivity (Wildman–Crippen MR) is 55.5 cm³/mol. The number of fused-ring (bicyclic) bond motifs is 3. The lowest BCUT2D eigenvalue weighted by atomic mass is 9.70. The Morgan fingerprint density at radius 2 is 1.69 bits per heavy atom. The van der Waals surface area contributed by atoms with Gasteiger partial charge in [-0.2, -0.15) is 0 Å². The molecule has 0 spiro atoms. The molecule has 0 aromatic carbocycles. The first-order chi connectivity index (χ1) is 6.00. The van der Waals surface area contributed by atoms with E-state index in [1.807, 2.05) is 0 Å². The molecule has 0 radical (unpaired) electrons. The highest BCUT2D eigenvalue weighted by Crippen LogP contribution is 2.38. The molecule has 3 rings (SSSR count). The summed E-state index contributed by atoms with van der Waals surface area (Å²) in [5.74, 6) is 0.800. The standard InChI is InChI=1S/C11H22N2/c1-11(2,3)10-9(12)8-4-6-13(10)7-5-8/h8-10H,4-7,12H2,1-3H3. The fraction of sp³-hybridized carbons (Fsp3) is 1.00. The van der Waals surface area contributed by atoms with Crippen LogP contribution in [0.5, 0.6) is 0 Å². The summed E-state index contributed by atoms with van der Waals surface area (Å²) in [4.78, 5) is 2.60. The zero-order chi connectivity index (χ0) is 9.64. The van der Waals surface area contributed by atoms with Crippen LogP contribution in [0.2, 0.25) is 0 Å². The Bertz CT molecular complexity index is 185. The van der Waals surface area contributed by atoms with Gasteiger partial charge in [0.25, 0.3) is 0 Å². The fourth-order valence-corrected chi connectivity index (χ4v) is 3.21.